The maximum absolute atomic E-state index is 13.2. The molecular formula is C14H18BrFN2. The van der Waals surface area contributed by atoms with Crippen LogP contribution < -0.4 is 5.32 Å². The van der Waals surface area contributed by atoms with E-state index in [0.29, 0.717) is 0 Å². The van der Waals surface area contributed by atoms with Crippen LogP contribution in [0.15, 0.2) is 35.3 Å². The number of nitrogens with zero attached hydrogens (tertiary/aromatic N) is 1. The Morgan fingerprint density at radius 1 is 1.44 bits per heavy atom. The van der Waals surface area contributed by atoms with E-state index < -0.39 is 0 Å². The van der Waals surface area contributed by atoms with Crippen molar-refractivity contribution in [3.8, 4) is 0 Å². The number of rotatable bonds is 4. The molecule has 0 aliphatic carbocycles. The van der Waals surface area contributed by atoms with Crippen LogP contribution in [0.25, 0.3) is 0 Å². The second kappa shape index (κ2) is 6.45. The van der Waals surface area contributed by atoms with Crippen LogP contribution in [0.4, 0.5) is 4.39 Å². The molecule has 0 radical (unpaired) electrons. The van der Waals surface area contributed by atoms with Crippen molar-refractivity contribution >= 4 is 15.9 Å². The number of nitrogens with one attached hydrogen (secondary N) is 1. The van der Waals surface area contributed by atoms with Gasteiger partial charge in [0.05, 0.1) is 0 Å². The highest BCUT2D eigenvalue weighted by Crippen LogP contribution is 2.31. The van der Waals surface area contributed by atoms with Crippen LogP contribution in [0, 0.1) is 5.82 Å². The molecule has 2 rings (SSSR count). The van der Waals surface area contributed by atoms with Crippen molar-refractivity contribution in [3.05, 3.63) is 46.7 Å². The molecule has 0 unspecified atom stereocenters. The molecule has 1 N–H and O–H groups in total. The molecule has 1 heterocycles. The van der Waals surface area contributed by atoms with Crippen molar-refractivity contribution in [1.29, 1.82) is 0 Å². The van der Waals surface area contributed by atoms with Crippen molar-refractivity contribution in [2.75, 3.05) is 26.2 Å². The topological polar surface area (TPSA) is 15.3 Å². The average Bonchev–Trinajstić information content (AvgIpc) is 2.38. The molecule has 0 spiro atoms. The fraction of sp³-hybridized carbons (Fsp3) is 0.429. The van der Waals surface area contributed by atoms with Crippen LogP contribution in [0.1, 0.15) is 18.0 Å². The number of hydrogen-bond acceptors (Lipinski definition) is 2. The summed E-state index contributed by atoms with van der Waals surface area (Å²) in [5.41, 5.74) is 1.14. The predicted molar refractivity (Wildman–Crippen MR) is 76.1 cm³/mol. The van der Waals surface area contributed by atoms with Crippen LogP contribution in [0.2, 0.25) is 0 Å². The Labute approximate surface area is 116 Å². The predicted octanol–water partition coefficient (Wildman–Crippen LogP) is 3.11. The number of hydrogen-bond donors (Lipinski definition) is 1. The molecule has 0 amide bonds. The molecule has 0 bridgehead atoms. The van der Waals surface area contributed by atoms with Crippen LogP contribution in [-0.4, -0.2) is 31.1 Å². The van der Waals surface area contributed by atoms with E-state index in [0.717, 1.165) is 42.6 Å². The lowest BCUT2D eigenvalue weighted by atomic mass is 10.0. The zero-order valence-electron chi connectivity index (χ0n) is 10.3. The number of benzene rings is 1. The highest BCUT2D eigenvalue weighted by atomic mass is 79.9. The molecule has 18 heavy (non-hydrogen) atoms. The molecular weight excluding hydrogens is 295 g/mol. The van der Waals surface area contributed by atoms with Crippen molar-refractivity contribution in [3.63, 3.8) is 0 Å². The second-order valence-electron chi connectivity index (χ2n) is 4.49. The molecule has 1 aliphatic heterocycles. The normalized spacial score (nSPS) is 18.6. The van der Waals surface area contributed by atoms with Crippen LogP contribution >= 0.6 is 15.9 Å². The average molecular weight is 313 g/mol. The fourth-order valence-electron chi connectivity index (χ4n) is 2.40. The Kier molecular flexibility index (Phi) is 4.92. The first-order valence-electron chi connectivity index (χ1n) is 6.23. The van der Waals surface area contributed by atoms with Gasteiger partial charge in [0.1, 0.15) is 5.82 Å². The quantitative estimate of drug-likeness (QED) is 0.859. The zero-order valence-corrected chi connectivity index (χ0v) is 11.9. The highest BCUT2D eigenvalue weighted by Gasteiger charge is 2.22. The Bertz CT molecular complexity index is 416. The molecule has 0 saturated carbocycles. The van der Waals surface area contributed by atoms with Gasteiger partial charge in [0.2, 0.25) is 0 Å². The van der Waals surface area contributed by atoms with E-state index in [4.69, 9.17) is 0 Å². The van der Waals surface area contributed by atoms with E-state index in [-0.39, 0.29) is 11.9 Å². The first-order chi connectivity index (χ1) is 8.72. The van der Waals surface area contributed by atoms with Gasteiger partial charge in [-0.15, -0.1) is 6.58 Å². The summed E-state index contributed by atoms with van der Waals surface area (Å²) in [5, 5.41) is 3.35. The van der Waals surface area contributed by atoms with E-state index in [1.165, 1.54) is 12.1 Å². The second-order valence-corrected chi connectivity index (χ2v) is 5.35. The lowest BCUT2D eigenvalue weighted by Gasteiger charge is -2.35. The molecule has 1 fully saturated rings. The van der Waals surface area contributed by atoms with E-state index in [1.807, 2.05) is 12.1 Å². The van der Waals surface area contributed by atoms with E-state index >= 15 is 0 Å². The fourth-order valence-corrected chi connectivity index (χ4v) is 3.01. The van der Waals surface area contributed by atoms with Gasteiger partial charge < -0.3 is 5.32 Å². The highest BCUT2D eigenvalue weighted by molar-refractivity contribution is 9.10. The Balaban J connectivity index is 2.24. The molecule has 0 aromatic heterocycles. The van der Waals surface area contributed by atoms with Crippen LogP contribution in [-0.2, 0) is 0 Å². The van der Waals surface area contributed by atoms with Crippen LogP contribution in [0.3, 0.4) is 0 Å². The van der Waals surface area contributed by atoms with Gasteiger partial charge in [-0.2, -0.15) is 0 Å². The Morgan fingerprint density at radius 3 is 2.78 bits per heavy atom. The van der Waals surface area contributed by atoms with Gasteiger partial charge in [-0.25, -0.2) is 4.39 Å². The summed E-state index contributed by atoms with van der Waals surface area (Å²) in [6, 6.07) is 5.21. The third kappa shape index (κ3) is 3.19. The Hall–Kier alpha value is -0.710. The summed E-state index contributed by atoms with van der Waals surface area (Å²) >= 11 is 3.47. The summed E-state index contributed by atoms with van der Waals surface area (Å²) in [6.45, 7) is 7.88. The summed E-state index contributed by atoms with van der Waals surface area (Å²) in [5.74, 6) is -0.205. The maximum atomic E-state index is 13.2. The van der Waals surface area contributed by atoms with Gasteiger partial charge >= 0.3 is 0 Å². The lowest BCUT2D eigenvalue weighted by molar-refractivity contribution is 0.174. The summed E-state index contributed by atoms with van der Waals surface area (Å²) in [7, 11) is 0. The Morgan fingerprint density at radius 2 is 2.17 bits per heavy atom. The minimum Gasteiger partial charge on any atom is -0.314 e. The first kappa shape index (κ1) is 13.7. The summed E-state index contributed by atoms with van der Waals surface area (Å²) in [6.07, 6.45) is 2.81. The van der Waals surface area contributed by atoms with Crippen molar-refractivity contribution < 1.29 is 4.39 Å². The molecule has 1 aromatic rings. The van der Waals surface area contributed by atoms with E-state index in [2.05, 4.69) is 32.7 Å². The summed E-state index contributed by atoms with van der Waals surface area (Å²) in [4.78, 5) is 2.43. The van der Waals surface area contributed by atoms with Gasteiger partial charge in [-0.1, -0.05) is 28.1 Å². The summed E-state index contributed by atoms with van der Waals surface area (Å²) < 4.78 is 14.0. The largest absolute Gasteiger partial charge is 0.314 e. The van der Waals surface area contributed by atoms with Crippen molar-refractivity contribution in [2.45, 2.75) is 12.5 Å². The van der Waals surface area contributed by atoms with E-state index in [9.17, 15) is 4.39 Å². The van der Waals surface area contributed by atoms with Gasteiger partial charge in [0.15, 0.2) is 0 Å². The third-order valence-electron chi connectivity index (χ3n) is 3.30. The lowest BCUT2D eigenvalue weighted by Crippen LogP contribution is -2.45. The number of halogens is 2. The molecule has 98 valence electrons. The molecule has 1 aromatic carbocycles. The van der Waals surface area contributed by atoms with Crippen molar-refractivity contribution in [1.82, 2.24) is 10.2 Å². The standard InChI is InChI=1S/C14H18BrFN2/c1-2-3-14(18-8-6-17-7-9-18)12-5-4-11(16)10-13(12)15/h2,4-5,10,14,17H,1,3,6-9H2/t14-/m0/s1. The SMILES string of the molecule is C=CC[C@@H](c1ccc(F)cc1Br)N1CCNCC1. The molecule has 2 nitrogen and oxygen atoms in total. The minimum absolute atomic E-state index is 0.205. The zero-order chi connectivity index (χ0) is 13.0. The van der Waals surface area contributed by atoms with Gasteiger partial charge in [0, 0.05) is 36.7 Å². The minimum atomic E-state index is -0.205. The maximum Gasteiger partial charge on any atom is 0.124 e. The first-order valence-corrected chi connectivity index (χ1v) is 7.02. The monoisotopic (exact) mass is 312 g/mol. The molecule has 1 atom stereocenters. The molecule has 4 heteroatoms. The van der Waals surface area contributed by atoms with Crippen molar-refractivity contribution in [2.24, 2.45) is 0 Å². The molecule has 1 aliphatic rings. The smallest absolute Gasteiger partial charge is 0.124 e. The number of piperazine rings is 1. The van der Waals surface area contributed by atoms with Gasteiger partial charge in [-0.05, 0) is 24.1 Å². The van der Waals surface area contributed by atoms with Crippen LogP contribution in [0.5, 0.6) is 0 Å². The van der Waals surface area contributed by atoms with Gasteiger partial charge in [0.25, 0.3) is 0 Å². The van der Waals surface area contributed by atoms with Gasteiger partial charge in [-0.3, -0.25) is 4.90 Å². The third-order valence-corrected chi connectivity index (χ3v) is 3.99. The molecule has 1 saturated heterocycles. The van der Waals surface area contributed by atoms with E-state index in [1.54, 1.807) is 0 Å².